The smallest absolute Gasteiger partial charge is 0.224 e. The topological polar surface area (TPSA) is 223 Å². The molecule has 1 aliphatic heterocycles. The minimum Gasteiger partial charge on any atom is -0.496 e. The molecule has 72 heavy (non-hydrogen) atoms. The van der Waals surface area contributed by atoms with Crippen molar-refractivity contribution in [2.24, 2.45) is 0 Å². The molecule has 3 aromatic rings. The van der Waals surface area contributed by atoms with Crippen molar-refractivity contribution in [3.05, 3.63) is 41.6 Å². The highest BCUT2D eigenvalue weighted by atomic mass is 16.6. The largest absolute Gasteiger partial charge is 0.496 e. The Balaban J connectivity index is 0.00000161. The van der Waals surface area contributed by atoms with Crippen LogP contribution in [-0.4, -0.2) is 200 Å². The van der Waals surface area contributed by atoms with Gasteiger partial charge in [0.05, 0.1) is 105 Å². The number of piperazine rings is 1. The second-order valence-corrected chi connectivity index (χ2v) is 17.3. The summed E-state index contributed by atoms with van der Waals surface area (Å²) < 4.78 is 41.2. The Morgan fingerprint density at radius 3 is 1.83 bits per heavy atom. The molecule has 0 unspecified atom stereocenters. The SMILES string of the molecule is CCCC.CCCCCNc1nc(N)nc2ccn(Cc3ccc(CN4CCN(C(=O)CCOCCOCCOCCOCCOCCOCCNC(=O)CCN(C)C)CC4)cc3OC)c12.O=CCCC=O. The number of carbonyl (C=O) groups is 4. The van der Waals surface area contributed by atoms with Gasteiger partial charge < -0.3 is 73.5 Å². The Bertz CT molecular complexity index is 1870. The maximum absolute atomic E-state index is 12.9. The van der Waals surface area contributed by atoms with Gasteiger partial charge in [-0.05, 0) is 38.2 Å². The van der Waals surface area contributed by atoms with Crippen molar-refractivity contribution >= 4 is 47.2 Å². The number of amides is 2. The third kappa shape index (κ3) is 29.0. The Morgan fingerprint density at radius 2 is 1.29 bits per heavy atom. The van der Waals surface area contributed by atoms with Gasteiger partial charge in [0.1, 0.15) is 23.8 Å². The summed E-state index contributed by atoms with van der Waals surface area (Å²) in [7, 11) is 5.59. The number of nitrogens with two attached hydrogens (primary N) is 1. The van der Waals surface area contributed by atoms with E-state index in [4.69, 9.17) is 38.9 Å². The molecule has 0 atom stereocenters. The molecule has 1 aliphatic rings. The van der Waals surface area contributed by atoms with E-state index < -0.39 is 0 Å². The molecule has 0 bridgehead atoms. The van der Waals surface area contributed by atoms with Crippen LogP contribution < -0.4 is 21.1 Å². The van der Waals surface area contributed by atoms with Crippen LogP contribution >= 0.6 is 0 Å². The highest BCUT2D eigenvalue weighted by molar-refractivity contribution is 5.87. The number of methoxy groups -OCH3 is 1. The molecule has 1 aromatic carbocycles. The zero-order valence-electron chi connectivity index (χ0n) is 44.5. The number of hydrogen-bond acceptors (Lipinski definition) is 17. The molecule has 1 saturated heterocycles. The number of unbranched alkanes of at least 4 members (excludes halogenated alkanes) is 4. The number of nitrogens with zero attached hydrogens (tertiary/aromatic N) is 6. The summed E-state index contributed by atoms with van der Waals surface area (Å²) in [4.78, 5) is 58.6. The van der Waals surface area contributed by atoms with E-state index >= 15 is 0 Å². The van der Waals surface area contributed by atoms with Gasteiger partial charge in [-0.15, -0.1) is 0 Å². The van der Waals surface area contributed by atoms with Gasteiger partial charge in [-0.25, -0.2) is 4.98 Å². The number of benzene rings is 1. The van der Waals surface area contributed by atoms with Gasteiger partial charge >= 0.3 is 0 Å². The highest BCUT2D eigenvalue weighted by Gasteiger charge is 2.22. The zero-order chi connectivity index (χ0) is 52.4. The van der Waals surface area contributed by atoms with Crippen molar-refractivity contribution in [2.45, 2.75) is 91.6 Å². The Labute approximate surface area is 429 Å². The molecule has 2 aromatic heterocycles. The molecule has 0 spiro atoms. The van der Waals surface area contributed by atoms with Crippen LogP contribution in [0, 0.1) is 0 Å². The second-order valence-electron chi connectivity index (χ2n) is 17.3. The lowest BCUT2D eigenvalue weighted by Gasteiger charge is -2.35. The maximum Gasteiger partial charge on any atom is 0.224 e. The van der Waals surface area contributed by atoms with Gasteiger partial charge in [-0.1, -0.05) is 58.6 Å². The van der Waals surface area contributed by atoms with E-state index in [2.05, 4.69) is 69.0 Å². The molecule has 4 N–H and O–H groups in total. The van der Waals surface area contributed by atoms with Crippen molar-refractivity contribution in [1.29, 1.82) is 0 Å². The van der Waals surface area contributed by atoms with E-state index in [0.29, 0.717) is 131 Å². The lowest BCUT2D eigenvalue weighted by Crippen LogP contribution is -2.48. The molecule has 2 amide bonds. The van der Waals surface area contributed by atoms with Crippen LogP contribution in [0.15, 0.2) is 30.5 Å². The first kappa shape index (κ1) is 63.3. The average molecular weight is 1020 g/mol. The number of nitrogen functional groups attached to an aromatic ring is 1. The molecular formula is C52H89N9O11. The fourth-order valence-electron chi connectivity index (χ4n) is 6.91. The number of aldehydes is 2. The fourth-order valence-corrected chi connectivity index (χ4v) is 6.91. The van der Waals surface area contributed by atoms with Crippen LogP contribution in [0.4, 0.5) is 11.8 Å². The van der Waals surface area contributed by atoms with Crippen LogP contribution in [0.1, 0.15) is 89.7 Å². The predicted molar refractivity (Wildman–Crippen MR) is 282 cm³/mol. The highest BCUT2D eigenvalue weighted by Crippen LogP contribution is 2.28. The lowest BCUT2D eigenvalue weighted by molar-refractivity contribution is -0.134. The van der Waals surface area contributed by atoms with E-state index in [1.54, 1.807) is 7.11 Å². The number of anilines is 2. The Kier molecular flexibility index (Phi) is 36.6. The molecule has 4 rings (SSSR count). The average Bonchev–Trinajstić information content (AvgIpc) is 3.79. The van der Waals surface area contributed by atoms with Crippen LogP contribution in [0.2, 0.25) is 0 Å². The first-order valence-electron chi connectivity index (χ1n) is 25.9. The number of ether oxygens (including phenoxy) is 7. The molecule has 3 heterocycles. The maximum atomic E-state index is 12.9. The third-order valence-electron chi connectivity index (χ3n) is 11.1. The number of aromatic nitrogens is 3. The molecular weight excluding hydrogens is 927 g/mol. The first-order valence-corrected chi connectivity index (χ1v) is 25.9. The van der Waals surface area contributed by atoms with E-state index in [0.717, 1.165) is 98.3 Å². The fraction of sp³-hybridized carbons (Fsp3) is 0.692. The van der Waals surface area contributed by atoms with Crippen molar-refractivity contribution in [2.75, 3.05) is 157 Å². The van der Waals surface area contributed by atoms with Gasteiger partial charge in [-0.3, -0.25) is 14.5 Å². The van der Waals surface area contributed by atoms with Crippen molar-refractivity contribution in [3.8, 4) is 5.75 Å². The second kappa shape index (κ2) is 41.6. The van der Waals surface area contributed by atoms with Gasteiger partial charge in [0.25, 0.3) is 0 Å². The minimum absolute atomic E-state index is 0.0294. The summed E-state index contributed by atoms with van der Waals surface area (Å²) in [6.07, 6.45) is 11.1. The third-order valence-corrected chi connectivity index (χ3v) is 11.1. The van der Waals surface area contributed by atoms with Crippen LogP contribution in [0.3, 0.4) is 0 Å². The summed E-state index contributed by atoms with van der Waals surface area (Å²) >= 11 is 0. The normalized spacial score (nSPS) is 12.5. The summed E-state index contributed by atoms with van der Waals surface area (Å²) in [6, 6.07) is 8.37. The number of rotatable bonds is 38. The predicted octanol–water partition coefficient (Wildman–Crippen LogP) is 4.85. The summed E-state index contributed by atoms with van der Waals surface area (Å²) in [5.74, 6) is 1.99. The first-order chi connectivity index (χ1) is 35.1. The number of fused-ring (bicyclic) bond motifs is 1. The van der Waals surface area contributed by atoms with E-state index in [1.165, 1.54) is 12.8 Å². The Hall–Kier alpha value is -4.80. The van der Waals surface area contributed by atoms with Gasteiger partial charge in [0.2, 0.25) is 17.8 Å². The summed E-state index contributed by atoms with van der Waals surface area (Å²) in [6.45, 7) is 18.4. The van der Waals surface area contributed by atoms with E-state index in [1.807, 2.05) is 36.2 Å². The van der Waals surface area contributed by atoms with Gasteiger partial charge in [-0.2, -0.15) is 4.98 Å². The lowest BCUT2D eigenvalue weighted by atomic mass is 10.1. The zero-order valence-corrected chi connectivity index (χ0v) is 44.5. The van der Waals surface area contributed by atoms with Gasteiger partial charge in [0.15, 0.2) is 5.82 Å². The van der Waals surface area contributed by atoms with Crippen molar-refractivity contribution in [1.82, 2.24) is 34.6 Å². The van der Waals surface area contributed by atoms with Crippen LogP contribution in [0.25, 0.3) is 11.0 Å². The quantitative estimate of drug-likeness (QED) is 0.0516. The number of nitrogens with one attached hydrogen (secondary N) is 2. The monoisotopic (exact) mass is 1020 g/mol. The standard InChI is InChI=1S/C44H73N9O9.C4H6O2.C4H10/c1-5-6-7-13-47-43-42-38(48-44(45)49-43)10-16-53(42)35-37-9-8-36(33-39(37)56-4)34-51-17-19-52(20-18-51)41(55)12-21-57-23-25-59-27-29-61-31-32-62-30-28-60-26-24-58-22-14-46-40(54)11-15-50(2)3;5-3-1-2-4-6;1-3-4-2/h8-10,16,33H,5-7,11-15,17-32,34-35H2,1-4H3,(H,46,54)(H3,45,47,48,49);3-4H,1-2H2;3-4H2,1-2H3. The Morgan fingerprint density at radius 1 is 0.708 bits per heavy atom. The molecule has 0 aliphatic carbocycles. The molecule has 1 fully saturated rings. The number of hydrogen-bond donors (Lipinski definition) is 3. The molecule has 20 nitrogen and oxygen atoms in total. The van der Waals surface area contributed by atoms with Crippen LogP contribution in [0.5, 0.6) is 5.75 Å². The van der Waals surface area contributed by atoms with Gasteiger partial charge in [0, 0.05) is 83.4 Å². The number of carbonyl (C=O) groups excluding carboxylic acids is 4. The summed E-state index contributed by atoms with van der Waals surface area (Å²) in [5, 5.41) is 6.30. The van der Waals surface area contributed by atoms with E-state index in [-0.39, 0.29) is 17.8 Å². The van der Waals surface area contributed by atoms with Crippen molar-refractivity contribution in [3.63, 3.8) is 0 Å². The van der Waals surface area contributed by atoms with Crippen LogP contribution in [-0.2, 0) is 60.7 Å². The minimum atomic E-state index is 0.0294. The van der Waals surface area contributed by atoms with Crippen molar-refractivity contribution < 1.29 is 52.3 Å². The van der Waals surface area contributed by atoms with E-state index in [9.17, 15) is 19.2 Å². The molecule has 20 heteroatoms. The molecule has 408 valence electrons. The molecule has 0 radical (unpaired) electrons. The molecule has 0 saturated carbocycles. The summed E-state index contributed by atoms with van der Waals surface area (Å²) in [5.41, 5.74) is 9.98.